The standard InChI is InChI=1S/C21H33N3O5S/c1-4-22-30(27,28)19-11-7-9-17(15-19)21(26)24(14-12-20(25)29-6-3)16-18-10-8-13-23(18)5-2/h7,9,11,15,18,22H,4-6,8,10,12-14,16H2,1-3H3. The number of likely N-dealkylation sites (tertiary alicyclic amines) is 1. The van der Waals surface area contributed by atoms with E-state index in [0.29, 0.717) is 18.7 Å². The first-order valence-corrected chi connectivity index (χ1v) is 12.1. The van der Waals surface area contributed by atoms with Crippen LogP contribution in [0.1, 0.15) is 50.4 Å². The fourth-order valence-electron chi connectivity index (χ4n) is 3.76. The lowest BCUT2D eigenvalue weighted by Gasteiger charge is -2.30. The van der Waals surface area contributed by atoms with Crippen molar-refractivity contribution in [2.24, 2.45) is 0 Å². The summed E-state index contributed by atoms with van der Waals surface area (Å²) in [5, 5.41) is 0. The molecule has 1 unspecified atom stereocenters. The Labute approximate surface area is 179 Å². The molecule has 30 heavy (non-hydrogen) atoms. The van der Waals surface area contributed by atoms with Gasteiger partial charge in [0, 0.05) is 31.2 Å². The molecule has 2 rings (SSSR count). The molecular formula is C21H33N3O5S. The number of sulfonamides is 1. The van der Waals surface area contributed by atoms with Gasteiger partial charge in [0.05, 0.1) is 17.9 Å². The number of carbonyl (C=O) groups is 2. The maximum Gasteiger partial charge on any atom is 0.307 e. The topological polar surface area (TPSA) is 96.0 Å². The van der Waals surface area contributed by atoms with Gasteiger partial charge >= 0.3 is 5.97 Å². The summed E-state index contributed by atoms with van der Waals surface area (Å²) >= 11 is 0. The first kappa shape index (κ1) is 24.3. The van der Waals surface area contributed by atoms with Crippen LogP contribution in [0.3, 0.4) is 0 Å². The molecule has 0 radical (unpaired) electrons. The Bertz CT molecular complexity index is 828. The minimum atomic E-state index is -3.66. The van der Waals surface area contributed by atoms with E-state index < -0.39 is 10.0 Å². The molecule has 8 nitrogen and oxygen atoms in total. The van der Waals surface area contributed by atoms with Crippen LogP contribution in [0.5, 0.6) is 0 Å². The third-order valence-corrected chi connectivity index (χ3v) is 6.78. The number of esters is 1. The van der Waals surface area contributed by atoms with Crippen molar-refractivity contribution in [2.45, 2.75) is 51.0 Å². The fourth-order valence-corrected chi connectivity index (χ4v) is 4.85. The number of rotatable bonds is 11. The molecule has 1 N–H and O–H groups in total. The average Bonchev–Trinajstić information content (AvgIpc) is 3.18. The number of nitrogens with one attached hydrogen (secondary N) is 1. The zero-order chi connectivity index (χ0) is 22.1. The maximum atomic E-state index is 13.3. The van der Waals surface area contributed by atoms with Crippen molar-refractivity contribution in [3.8, 4) is 0 Å². The smallest absolute Gasteiger partial charge is 0.307 e. The monoisotopic (exact) mass is 439 g/mol. The van der Waals surface area contributed by atoms with Crippen LogP contribution in [0.15, 0.2) is 29.2 Å². The van der Waals surface area contributed by atoms with Gasteiger partial charge in [-0.25, -0.2) is 13.1 Å². The number of benzene rings is 1. The van der Waals surface area contributed by atoms with Gasteiger partial charge in [0.25, 0.3) is 5.91 Å². The lowest BCUT2D eigenvalue weighted by molar-refractivity contribution is -0.143. The number of hydrogen-bond acceptors (Lipinski definition) is 6. The molecule has 0 bridgehead atoms. The van der Waals surface area contributed by atoms with E-state index >= 15 is 0 Å². The van der Waals surface area contributed by atoms with Crippen LogP contribution in [0.2, 0.25) is 0 Å². The Morgan fingerprint density at radius 1 is 1.27 bits per heavy atom. The molecule has 0 aromatic heterocycles. The Morgan fingerprint density at radius 2 is 2.03 bits per heavy atom. The second kappa shape index (κ2) is 11.4. The van der Waals surface area contributed by atoms with Crippen molar-refractivity contribution in [3.05, 3.63) is 29.8 Å². The summed E-state index contributed by atoms with van der Waals surface area (Å²) in [5.74, 6) is -0.631. The SMILES string of the molecule is CCNS(=O)(=O)c1cccc(C(=O)N(CCC(=O)OCC)CC2CCCN2CC)c1. The maximum absolute atomic E-state index is 13.3. The van der Waals surface area contributed by atoms with Gasteiger partial charge in [-0.05, 0) is 51.1 Å². The van der Waals surface area contributed by atoms with Crippen LogP contribution >= 0.6 is 0 Å². The Balaban J connectivity index is 2.23. The van der Waals surface area contributed by atoms with Crippen LogP contribution in [0.4, 0.5) is 0 Å². The second-order valence-corrected chi connectivity index (χ2v) is 9.03. The first-order chi connectivity index (χ1) is 14.3. The molecule has 168 valence electrons. The third-order valence-electron chi connectivity index (χ3n) is 5.24. The molecule has 1 amide bonds. The molecule has 1 saturated heterocycles. The van der Waals surface area contributed by atoms with E-state index in [0.717, 1.165) is 25.9 Å². The zero-order valence-electron chi connectivity index (χ0n) is 18.1. The quantitative estimate of drug-likeness (QED) is 0.529. The predicted molar refractivity (Wildman–Crippen MR) is 115 cm³/mol. The molecule has 0 saturated carbocycles. The molecule has 9 heteroatoms. The molecule has 1 aromatic rings. The van der Waals surface area contributed by atoms with Crippen LogP contribution in [0.25, 0.3) is 0 Å². The molecule has 1 aromatic carbocycles. The lowest BCUT2D eigenvalue weighted by Crippen LogP contribution is -2.44. The minimum Gasteiger partial charge on any atom is -0.466 e. The number of ether oxygens (including phenoxy) is 1. The predicted octanol–water partition coefficient (Wildman–Crippen LogP) is 1.86. The normalized spacial score (nSPS) is 17.1. The van der Waals surface area contributed by atoms with Gasteiger partial charge in [0.15, 0.2) is 0 Å². The van der Waals surface area contributed by atoms with Crippen molar-refractivity contribution in [1.82, 2.24) is 14.5 Å². The highest BCUT2D eigenvalue weighted by Crippen LogP contribution is 2.20. The summed E-state index contributed by atoms with van der Waals surface area (Å²) in [5.41, 5.74) is 0.291. The Hall–Kier alpha value is -1.97. The van der Waals surface area contributed by atoms with Gasteiger partial charge in [-0.1, -0.05) is 19.9 Å². The summed E-state index contributed by atoms with van der Waals surface area (Å²) in [6, 6.07) is 6.26. The molecular weight excluding hydrogens is 406 g/mol. The Kier molecular flexibility index (Phi) is 9.26. The zero-order valence-corrected chi connectivity index (χ0v) is 18.9. The van der Waals surface area contributed by atoms with Gasteiger partial charge in [0.2, 0.25) is 10.0 Å². The van der Waals surface area contributed by atoms with Crippen LogP contribution in [-0.2, 0) is 19.6 Å². The number of carbonyl (C=O) groups excluding carboxylic acids is 2. The van der Waals surface area contributed by atoms with Gasteiger partial charge in [-0.2, -0.15) is 0 Å². The van der Waals surface area contributed by atoms with Gasteiger partial charge in [-0.3, -0.25) is 14.5 Å². The van der Waals surface area contributed by atoms with Crippen LogP contribution in [-0.4, -0.2) is 75.5 Å². The van der Waals surface area contributed by atoms with E-state index in [1.54, 1.807) is 30.9 Å². The molecule has 1 aliphatic heterocycles. The largest absolute Gasteiger partial charge is 0.466 e. The minimum absolute atomic E-state index is 0.0524. The van der Waals surface area contributed by atoms with Gasteiger partial charge in [0.1, 0.15) is 0 Å². The molecule has 0 spiro atoms. The van der Waals surface area contributed by atoms with Crippen molar-refractivity contribution >= 4 is 21.9 Å². The van der Waals surface area contributed by atoms with Gasteiger partial charge in [-0.15, -0.1) is 0 Å². The molecule has 0 aliphatic carbocycles. The lowest BCUT2D eigenvalue weighted by atomic mass is 10.1. The van der Waals surface area contributed by atoms with E-state index in [1.807, 2.05) is 0 Å². The van der Waals surface area contributed by atoms with E-state index in [-0.39, 0.29) is 42.3 Å². The summed E-state index contributed by atoms with van der Waals surface area (Å²) in [6.07, 6.45) is 2.18. The molecule has 1 fully saturated rings. The van der Waals surface area contributed by atoms with Crippen molar-refractivity contribution in [3.63, 3.8) is 0 Å². The third kappa shape index (κ3) is 6.52. The van der Waals surface area contributed by atoms with Crippen LogP contribution in [0, 0.1) is 0 Å². The number of amides is 1. The molecule has 1 heterocycles. The van der Waals surface area contributed by atoms with E-state index in [1.165, 1.54) is 12.1 Å². The van der Waals surface area contributed by atoms with E-state index in [4.69, 9.17) is 4.74 Å². The van der Waals surface area contributed by atoms with Crippen molar-refractivity contribution in [1.29, 1.82) is 0 Å². The highest BCUT2D eigenvalue weighted by Gasteiger charge is 2.28. The Morgan fingerprint density at radius 3 is 2.70 bits per heavy atom. The van der Waals surface area contributed by atoms with E-state index in [9.17, 15) is 18.0 Å². The second-order valence-electron chi connectivity index (χ2n) is 7.26. The molecule has 1 aliphatic rings. The summed E-state index contributed by atoms with van der Waals surface area (Å²) in [7, 11) is -3.66. The number of hydrogen-bond donors (Lipinski definition) is 1. The molecule has 1 atom stereocenters. The first-order valence-electron chi connectivity index (χ1n) is 10.6. The fraction of sp³-hybridized carbons (Fsp3) is 0.619. The van der Waals surface area contributed by atoms with Crippen molar-refractivity contribution < 1.29 is 22.7 Å². The number of likely N-dealkylation sites (N-methyl/N-ethyl adjacent to an activating group) is 1. The summed E-state index contributed by atoms with van der Waals surface area (Å²) < 4.78 is 32.1. The van der Waals surface area contributed by atoms with Crippen molar-refractivity contribution in [2.75, 3.05) is 39.3 Å². The highest BCUT2D eigenvalue weighted by atomic mass is 32.2. The summed E-state index contributed by atoms with van der Waals surface area (Å²) in [4.78, 5) is 29.2. The van der Waals surface area contributed by atoms with E-state index in [2.05, 4.69) is 16.5 Å². The highest BCUT2D eigenvalue weighted by molar-refractivity contribution is 7.89. The number of nitrogens with zero attached hydrogens (tertiary/aromatic N) is 2. The average molecular weight is 440 g/mol. The van der Waals surface area contributed by atoms with Gasteiger partial charge < -0.3 is 9.64 Å². The summed E-state index contributed by atoms with van der Waals surface area (Å²) in [6.45, 7) is 8.73. The van der Waals surface area contributed by atoms with Crippen LogP contribution < -0.4 is 4.72 Å².